The Hall–Kier alpha value is 1.59. The van der Waals surface area contributed by atoms with Gasteiger partial charge in [0.15, 0.2) is 7.38 Å². The zero-order valence-corrected chi connectivity index (χ0v) is 15.2. The molecule has 15 heavy (non-hydrogen) atoms. The molecule has 6 heteroatoms. The van der Waals surface area contributed by atoms with Crippen molar-refractivity contribution in [1.29, 1.82) is 0 Å². The minimum absolute atomic E-state index is 0.234. The highest BCUT2D eigenvalue weighted by Crippen LogP contribution is 2.32. The first-order valence-electron chi connectivity index (χ1n) is 5.38. The van der Waals surface area contributed by atoms with Gasteiger partial charge in [-0.15, -0.1) is 33.2 Å². The Morgan fingerprint density at radius 1 is 0.800 bits per heavy atom. The van der Waals surface area contributed by atoms with Gasteiger partial charge in [-0.1, -0.05) is 34.6 Å². The van der Waals surface area contributed by atoms with E-state index in [9.17, 15) is 0 Å². The van der Waals surface area contributed by atoms with Crippen molar-refractivity contribution in [2.24, 2.45) is 0 Å². The molecule has 0 heterocycles. The van der Waals surface area contributed by atoms with Gasteiger partial charge in [-0.05, 0) is 23.7 Å². The Kier molecular flexibility index (Phi) is 10.9. The lowest BCUT2D eigenvalue weighted by Gasteiger charge is -2.17. The van der Waals surface area contributed by atoms with Crippen molar-refractivity contribution < 1.29 is 0 Å². The van der Waals surface area contributed by atoms with E-state index >= 15 is 0 Å². The SMILES string of the molecule is CC(C)[Si](Cl)(Cl)Cl.CC[Si](Cl)(CC)CC. The van der Waals surface area contributed by atoms with Crippen LogP contribution < -0.4 is 0 Å². The summed E-state index contributed by atoms with van der Waals surface area (Å²) in [5, 5.41) is 0. The van der Waals surface area contributed by atoms with Gasteiger partial charge < -0.3 is 0 Å². The summed E-state index contributed by atoms with van der Waals surface area (Å²) in [6, 6.07) is 1.35. The molecule has 0 fully saturated rings. The summed E-state index contributed by atoms with van der Waals surface area (Å²) in [5.74, 6) is 0. The Balaban J connectivity index is 0. The fourth-order valence-corrected chi connectivity index (χ4v) is 2.25. The molecule has 0 amide bonds. The van der Waals surface area contributed by atoms with Crippen molar-refractivity contribution in [2.45, 2.75) is 58.3 Å². The molecule has 0 aromatic heterocycles. The molecule has 0 aliphatic rings. The Labute approximate surface area is 115 Å². The van der Waals surface area contributed by atoms with E-state index < -0.39 is 13.4 Å². The Morgan fingerprint density at radius 2 is 1.00 bits per heavy atom. The van der Waals surface area contributed by atoms with Crippen LogP contribution in [0.3, 0.4) is 0 Å². The fourth-order valence-electron chi connectivity index (χ4n) is 0.750. The average Bonchev–Trinajstić information content (AvgIpc) is 2.16. The maximum absolute atomic E-state index is 6.23. The molecule has 0 aromatic carbocycles. The molecule has 0 saturated carbocycles. The van der Waals surface area contributed by atoms with Crippen LogP contribution in [0.5, 0.6) is 0 Å². The standard InChI is InChI=1S/C6H15ClSi.C3H7Cl3Si/c1-4-8(7,5-2)6-3;1-3(2)7(4,5)6/h4-6H2,1-3H3;3H,1-2H3. The van der Waals surface area contributed by atoms with E-state index in [1.165, 1.54) is 18.1 Å². The molecule has 0 aliphatic carbocycles. The van der Waals surface area contributed by atoms with Gasteiger partial charge in [-0.25, -0.2) is 0 Å². The smallest absolute Gasteiger partial charge is 0.167 e. The van der Waals surface area contributed by atoms with Crippen LogP contribution in [-0.2, 0) is 0 Å². The van der Waals surface area contributed by atoms with E-state index in [1.807, 2.05) is 13.8 Å². The Morgan fingerprint density at radius 3 is 1.00 bits per heavy atom. The van der Waals surface area contributed by atoms with Crippen molar-refractivity contribution in [1.82, 2.24) is 0 Å². The van der Waals surface area contributed by atoms with Gasteiger partial charge in [-0.2, -0.15) is 11.1 Å². The maximum Gasteiger partial charge on any atom is 0.343 e. The molecule has 0 aliphatic heterocycles. The van der Waals surface area contributed by atoms with Gasteiger partial charge in [0.25, 0.3) is 0 Å². The molecule has 0 spiro atoms. The monoisotopic (exact) mass is 326 g/mol. The first kappa shape index (κ1) is 18.9. The minimum atomic E-state index is -2.32. The highest BCUT2D eigenvalue weighted by atomic mass is 35.8. The topological polar surface area (TPSA) is 0 Å². The third-order valence-electron chi connectivity index (χ3n) is 2.56. The predicted octanol–water partition coefficient (Wildman–Crippen LogP) is 6.28. The van der Waals surface area contributed by atoms with Crippen LogP contribution in [0.15, 0.2) is 0 Å². The van der Waals surface area contributed by atoms with Crippen LogP contribution in [0, 0.1) is 0 Å². The van der Waals surface area contributed by atoms with Crippen molar-refractivity contribution in [3.8, 4) is 0 Å². The van der Waals surface area contributed by atoms with Crippen LogP contribution >= 0.6 is 44.3 Å². The summed E-state index contributed by atoms with van der Waals surface area (Å²) in [4.78, 5) is 0. The van der Waals surface area contributed by atoms with Gasteiger partial charge in [-0.3, -0.25) is 0 Å². The zero-order chi connectivity index (χ0) is 12.7. The minimum Gasteiger partial charge on any atom is -0.167 e. The van der Waals surface area contributed by atoms with E-state index in [4.69, 9.17) is 44.3 Å². The molecule has 0 nitrogen and oxygen atoms in total. The van der Waals surface area contributed by atoms with Gasteiger partial charge in [0, 0.05) is 0 Å². The predicted molar refractivity (Wildman–Crippen MR) is 81.5 cm³/mol. The second-order valence-corrected chi connectivity index (χ2v) is 20.1. The summed E-state index contributed by atoms with van der Waals surface area (Å²) < 4.78 is 0. The van der Waals surface area contributed by atoms with E-state index in [0.717, 1.165) is 0 Å². The molecule has 0 unspecified atom stereocenters. The van der Waals surface area contributed by atoms with Crippen LogP contribution in [0.1, 0.15) is 34.6 Å². The zero-order valence-electron chi connectivity index (χ0n) is 10.2. The largest absolute Gasteiger partial charge is 0.343 e. The second kappa shape index (κ2) is 8.65. The first-order valence-corrected chi connectivity index (χ1v) is 14.1. The maximum atomic E-state index is 6.23. The molecule has 0 bridgehead atoms. The lowest BCUT2D eigenvalue weighted by atomic mass is 10.6. The van der Waals surface area contributed by atoms with Gasteiger partial charge in [0.05, 0.1) is 0 Å². The van der Waals surface area contributed by atoms with Crippen molar-refractivity contribution in [3.63, 3.8) is 0 Å². The summed E-state index contributed by atoms with van der Waals surface area (Å²) in [5.41, 5.74) is 0.234. The molecule has 94 valence electrons. The van der Waals surface area contributed by atoms with Crippen LogP contribution in [0.25, 0.3) is 0 Å². The van der Waals surface area contributed by atoms with Crippen molar-refractivity contribution in [3.05, 3.63) is 0 Å². The second-order valence-electron chi connectivity index (χ2n) is 3.91. The van der Waals surface area contributed by atoms with Gasteiger partial charge in [0.2, 0.25) is 0 Å². The van der Waals surface area contributed by atoms with Crippen LogP contribution in [0.4, 0.5) is 0 Å². The lowest BCUT2D eigenvalue weighted by Crippen LogP contribution is -2.22. The number of hydrogen-bond donors (Lipinski definition) is 0. The summed E-state index contributed by atoms with van der Waals surface area (Å²) in [6.45, 7) is 10.4. The molecule has 0 aromatic rings. The molecule has 0 N–H and O–H groups in total. The highest BCUT2D eigenvalue weighted by Gasteiger charge is 2.29. The van der Waals surface area contributed by atoms with Crippen molar-refractivity contribution in [2.75, 3.05) is 0 Å². The van der Waals surface area contributed by atoms with Gasteiger partial charge >= 0.3 is 6.00 Å². The Bertz CT molecular complexity index is 144. The molecular weight excluding hydrogens is 306 g/mol. The summed E-state index contributed by atoms with van der Waals surface area (Å²) in [6.07, 6.45) is 0. The molecular formula is C9H22Cl4Si2. The van der Waals surface area contributed by atoms with E-state index in [2.05, 4.69) is 20.8 Å². The molecule has 0 saturated heterocycles. The average molecular weight is 328 g/mol. The quantitative estimate of drug-likeness (QED) is 0.421. The summed E-state index contributed by atoms with van der Waals surface area (Å²) >= 11 is 22.8. The molecule has 0 radical (unpaired) electrons. The fraction of sp³-hybridized carbons (Fsp3) is 1.00. The summed E-state index contributed by atoms with van der Waals surface area (Å²) in [7, 11) is -1.20. The van der Waals surface area contributed by atoms with E-state index in [1.54, 1.807) is 0 Å². The van der Waals surface area contributed by atoms with E-state index in [-0.39, 0.29) is 5.54 Å². The van der Waals surface area contributed by atoms with E-state index in [0.29, 0.717) is 0 Å². The third-order valence-corrected chi connectivity index (χ3v) is 14.0. The first-order chi connectivity index (χ1) is 6.63. The molecule has 0 atom stereocenters. The third kappa shape index (κ3) is 10.5. The normalized spacial score (nSPS) is 12.4. The van der Waals surface area contributed by atoms with Crippen LogP contribution in [-0.4, -0.2) is 13.4 Å². The molecule has 0 rings (SSSR count). The van der Waals surface area contributed by atoms with Gasteiger partial charge in [0.1, 0.15) is 0 Å². The number of hydrogen-bond acceptors (Lipinski definition) is 0. The number of rotatable bonds is 4. The van der Waals surface area contributed by atoms with Crippen LogP contribution in [0.2, 0.25) is 23.7 Å². The highest BCUT2D eigenvalue weighted by molar-refractivity contribution is 7.65. The van der Waals surface area contributed by atoms with Crippen molar-refractivity contribution >= 4 is 57.7 Å². The lowest BCUT2D eigenvalue weighted by molar-refractivity contribution is 1.06. The number of halogens is 4.